The van der Waals surface area contributed by atoms with Gasteiger partial charge in [0.1, 0.15) is 12.3 Å². The van der Waals surface area contributed by atoms with Crippen molar-refractivity contribution in [1.82, 2.24) is 20.5 Å². The Labute approximate surface area is 177 Å². The third kappa shape index (κ3) is 5.65. The summed E-state index contributed by atoms with van der Waals surface area (Å²) in [4.78, 5) is 21.3. The van der Waals surface area contributed by atoms with Crippen molar-refractivity contribution in [2.45, 2.75) is 26.2 Å². The largest absolute Gasteiger partial charge is 0.469 e. The highest BCUT2D eigenvalue weighted by Crippen LogP contribution is 2.22. The molecule has 0 atom stereocenters. The maximum atomic E-state index is 11.9. The van der Waals surface area contributed by atoms with Crippen LogP contribution in [-0.2, 0) is 24.1 Å². The molecular formula is C23H31N5O2. The van der Waals surface area contributed by atoms with E-state index in [0.29, 0.717) is 19.0 Å². The highest BCUT2D eigenvalue weighted by atomic mass is 16.3. The molecule has 30 heavy (non-hydrogen) atoms. The molecule has 0 radical (unpaired) electrons. The second-order valence-electron chi connectivity index (χ2n) is 7.39. The highest BCUT2D eigenvalue weighted by molar-refractivity contribution is 5.86. The van der Waals surface area contributed by atoms with Crippen LogP contribution in [0.5, 0.6) is 0 Å². The molecule has 2 heterocycles. The molecule has 7 nitrogen and oxygen atoms in total. The van der Waals surface area contributed by atoms with E-state index in [0.717, 1.165) is 25.0 Å². The lowest BCUT2D eigenvalue weighted by Crippen LogP contribution is -2.40. The number of nitrogens with one attached hydrogen (secondary N) is 3. The van der Waals surface area contributed by atoms with Crippen LogP contribution in [-0.4, -0.2) is 55.5 Å². The van der Waals surface area contributed by atoms with Crippen LogP contribution in [0.1, 0.15) is 23.8 Å². The van der Waals surface area contributed by atoms with Gasteiger partial charge >= 0.3 is 0 Å². The number of aromatic amines is 1. The summed E-state index contributed by atoms with van der Waals surface area (Å²) < 4.78 is 5.37. The molecule has 1 amide bonds. The number of para-hydroxylation sites is 1. The first-order valence-corrected chi connectivity index (χ1v) is 10.4. The number of benzene rings is 1. The lowest BCUT2D eigenvalue weighted by atomic mass is 10.1. The van der Waals surface area contributed by atoms with E-state index in [1.807, 2.05) is 12.1 Å². The zero-order valence-electron chi connectivity index (χ0n) is 18.0. The fourth-order valence-electron chi connectivity index (χ4n) is 3.31. The number of amides is 1. The van der Waals surface area contributed by atoms with E-state index in [1.54, 1.807) is 25.3 Å². The van der Waals surface area contributed by atoms with Crippen LogP contribution >= 0.6 is 0 Å². The number of fused-ring (bicyclic) bond motifs is 1. The van der Waals surface area contributed by atoms with Crippen molar-refractivity contribution in [1.29, 1.82) is 0 Å². The van der Waals surface area contributed by atoms with Crippen molar-refractivity contribution in [2.24, 2.45) is 4.99 Å². The smallest absolute Gasteiger partial charge is 0.243 e. The fraction of sp³-hybridized carbons (Fsp3) is 0.391. The molecule has 0 saturated carbocycles. The minimum Gasteiger partial charge on any atom is -0.469 e. The SMILES string of the molecule is CCc1cccc2c(CCNC(=NCC(=O)N(C)C)NCCc3ccco3)c[nH]c12. The minimum absolute atomic E-state index is 0.0362. The Morgan fingerprint density at radius 1 is 1.10 bits per heavy atom. The maximum absolute atomic E-state index is 11.9. The molecule has 3 N–H and O–H groups in total. The van der Waals surface area contributed by atoms with Gasteiger partial charge in [-0.2, -0.15) is 0 Å². The Kier molecular flexibility index (Phi) is 7.54. The third-order valence-electron chi connectivity index (χ3n) is 5.07. The van der Waals surface area contributed by atoms with Crippen LogP contribution in [0.2, 0.25) is 0 Å². The van der Waals surface area contributed by atoms with Crippen molar-refractivity contribution in [3.05, 3.63) is 59.7 Å². The van der Waals surface area contributed by atoms with Crippen molar-refractivity contribution < 1.29 is 9.21 Å². The van der Waals surface area contributed by atoms with Gasteiger partial charge in [0.2, 0.25) is 5.91 Å². The summed E-state index contributed by atoms with van der Waals surface area (Å²) in [6.07, 6.45) is 6.36. The quantitative estimate of drug-likeness (QED) is 0.375. The molecule has 0 fully saturated rings. The van der Waals surface area contributed by atoms with Crippen LogP contribution in [0.25, 0.3) is 10.9 Å². The number of rotatable bonds is 9. The van der Waals surface area contributed by atoms with Gasteiger partial charge in [0, 0.05) is 50.7 Å². The van der Waals surface area contributed by atoms with E-state index in [2.05, 4.69) is 51.9 Å². The van der Waals surface area contributed by atoms with E-state index in [-0.39, 0.29) is 12.5 Å². The number of aliphatic imine (C=N–C) groups is 1. The number of carbonyl (C=O) groups is 1. The van der Waals surface area contributed by atoms with Crippen LogP contribution in [0.4, 0.5) is 0 Å². The average Bonchev–Trinajstić information content (AvgIpc) is 3.41. The van der Waals surface area contributed by atoms with Crippen molar-refractivity contribution in [3.8, 4) is 0 Å². The molecule has 3 rings (SSSR count). The lowest BCUT2D eigenvalue weighted by Gasteiger charge is -2.13. The Morgan fingerprint density at radius 3 is 2.60 bits per heavy atom. The van der Waals surface area contributed by atoms with E-state index in [1.165, 1.54) is 22.0 Å². The number of guanidine groups is 1. The molecule has 0 aliphatic rings. The second-order valence-corrected chi connectivity index (χ2v) is 7.39. The molecule has 0 unspecified atom stereocenters. The molecule has 160 valence electrons. The number of hydrogen-bond donors (Lipinski definition) is 3. The monoisotopic (exact) mass is 409 g/mol. The Bertz CT molecular complexity index is 973. The van der Waals surface area contributed by atoms with Crippen LogP contribution < -0.4 is 10.6 Å². The van der Waals surface area contributed by atoms with Gasteiger partial charge in [-0.15, -0.1) is 0 Å². The van der Waals surface area contributed by atoms with Gasteiger partial charge < -0.3 is 24.9 Å². The Hall–Kier alpha value is -3.22. The van der Waals surface area contributed by atoms with E-state index < -0.39 is 0 Å². The van der Waals surface area contributed by atoms with Gasteiger partial charge in [-0.05, 0) is 36.1 Å². The van der Waals surface area contributed by atoms with Crippen LogP contribution in [0, 0.1) is 0 Å². The number of aryl methyl sites for hydroxylation is 1. The predicted octanol–water partition coefficient (Wildman–Crippen LogP) is 2.73. The van der Waals surface area contributed by atoms with Crippen molar-refractivity contribution in [3.63, 3.8) is 0 Å². The van der Waals surface area contributed by atoms with Gasteiger partial charge in [-0.25, -0.2) is 4.99 Å². The van der Waals surface area contributed by atoms with Gasteiger partial charge in [-0.1, -0.05) is 25.1 Å². The number of aromatic nitrogens is 1. The van der Waals surface area contributed by atoms with Gasteiger partial charge in [0.05, 0.1) is 6.26 Å². The number of H-pyrrole nitrogens is 1. The summed E-state index contributed by atoms with van der Waals surface area (Å²) >= 11 is 0. The molecule has 2 aromatic heterocycles. The Balaban J connectivity index is 1.59. The third-order valence-corrected chi connectivity index (χ3v) is 5.07. The fourth-order valence-corrected chi connectivity index (χ4v) is 3.31. The minimum atomic E-state index is -0.0362. The first-order chi connectivity index (χ1) is 14.6. The van der Waals surface area contributed by atoms with Gasteiger partial charge in [-0.3, -0.25) is 4.79 Å². The molecule has 0 bridgehead atoms. The summed E-state index contributed by atoms with van der Waals surface area (Å²) in [5.41, 5.74) is 3.82. The first kappa shape index (κ1) is 21.5. The van der Waals surface area contributed by atoms with E-state index >= 15 is 0 Å². The maximum Gasteiger partial charge on any atom is 0.243 e. The molecule has 7 heteroatoms. The molecular weight excluding hydrogens is 378 g/mol. The normalized spacial score (nSPS) is 11.6. The van der Waals surface area contributed by atoms with E-state index in [9.17, 15) is 4.79 Å². The molecule has 1 aromatic carbocycles. The summed E-state index contributed by atoms with van der Waals surface area (Å²) in [5, 5.41) is 7.90. The number of nitrogens with zero attached hydrogens (tertiary/aromatic N) is 2. The first-order valence-electron chi connectivity index (χ1n) is 10.4. The molecule has 3 aromatic rings. The molecule has 0 saturated heterocycles. The van der Waals surface area contributed by atoms with E-state index in [4.69, 9.17) is 4.42 Å². The zero-order valence-corrected chi connectivity index (χ0v) is 18.0. The lowest BCUT2D eigenvalue weighted by molar-refractivity contribution is -0.127. The average molecular weight is 410 g/mol. The number of furan rings is 1. The summed E-state index contributed by atoms with van der Waals surface area (Å²) in [5.74, 6) is 1.51. The summed E-state index contributed by atoms with van der Waals surface area (Å²) in [7, 11) is 3.47. The van der Waals surface area contributed by atoms with Crippen LogP contribution in [0.3, 0.4) is 0 Å². The summed E-state index contributed by atoms with van der Waals surface area (Å²) in [6.45, 7) is 3.66. The molecule has 0 aliphatic heterocycles. The number of likely N-dealkylation sites (N-methyl/N-ethyl adjacent to an activating group) is 1. The van der Waals surface area contributed by atoms with Crippen LogP contribution in [0.15, 0.2) is 52.2 Å². The highest BCUT2D eigenvalue weighted by Gasteiger charge is 2.08. The van der Waals surface area contributed by atoms with Crippen molar-refractivity contribution >= 4 is 22.8 Å². The van der Waals surface area contributed by atoms with Gasteiger partial charge in [0.25, 0.3) is 0 Å². The topological polar surface area (TPSA) is 85.7 Å². The Morgan fingerprint density at radius 2 is 1.90 bits per heavy atom. The summed E-state index contributed by atoms with van der Waals surface area (Å²) in [6, 6.07) is 10.3. The van der Waals surface area contributed by atoms with Gasteiger partial charge in [0.15, 0.2) is 5.96 Å². The number of hydrogen-bond acceptors (Lipinski definition) is 3. The number of carbonyl (C=O) groups excluding carboxylic acids is 1. The standard InChI is InChI=1S/C23H31N5O2/c1-4-17-7-5-9-20-18(15-26-22(17)20)10-12-24-23(27-16-21(29)28(2)3)25-13-11-19-8-6-14-30-19/h5-9,14-15,26H,4,10-13,16H2,1-3H3,(H2,24,25,27). The predicted molar refractivity (Wildman–Crippen MR) is 121 cm³/mol. The molecule has 0 spiro atoms. The second kappa shape index (κ2) is 10.5. The zero-order chi connectivity index (χ0) is 21.3. The van der Waals surface area contributed by atoms with Crippen molar-refractivity contribution in [2.75, 3.05) is 33.7 Å². The molecule has 0 aliphatic carbocycles.